The van der Waals surface area contributed by atoms with E-state index in [-0.39, 0.29) is 28.1 Å². The summed E-state index contributed by atoms with van der Waals surface area (Å²) in [6.45, 7) is 5.68. The number of anilines is 1. The van der Waals surface area contributed by atoms with Gasteiger partial charge in [0.05, 0.1) is 5.56 Å². The van der Waals surface area contributed by atoms with E-state index in [9.17, 15) is 9.59 Å². The van der Waals surface area contributed by atoms with Crippen molar-refractivity contribution in [2.75, 3.05) is 11.9 Å². The molecule has 2 aromatic heterocycles. The second-order valence-electron chi connectivity index (χ2n) is 6.01. The summed E-state index contributed by atoms with van der Waals surface area (Å²) in [6.07, 6.45) is 1.38. The summed E-state index contributed by atoms with van der Waals surface area (Å²) >= 11 is 0. The van der Waals surface area contributed by atoms with Crippen molar-refractivity contribution in [2.45, 2.75) is 20.8 Å². The summed E-state index contributed by atoms with van der Waals surface area (Å²) < 4.78 is 6.85. The van der Waals surface area contributed by atoms with Crippen LogP contribution in [0.25, 0.3) is 11.1 Å². The minimum atomic E-state index is -0.298. The summed E-state index contributed by atoms with van der Waals surface area (Å²) in [4.78, 5) is 31.0. The maximum Gasteiger partial charge on any atom is 0.265 e. The first-order valence-corrected chi connectivity index (χ1v) is 7.61. The highest BCUT2D eigenvalue weighted by Gasteiger charge is 2.25. The van der Waals surface area contributed by atoms with Crippen molar-refractivity contribution in [3.8, 4) is 0 Å². The molecule has 0 radical (unpaired) electrons. The van der Waals surface area contributed by atoms with Crippen LogP contribution in [-0.2, 0) is 7.05 Å². The van der Waals surface area contributed by atoms with E-state index in [1.54, 1.807) is 21.0 Å². The Kier molecular flexibility index (Phi) is 3.75. The van der Waals surface area contributed by atoms with Crippen LogP contribution in [0.5, 0.6) is 0 Å². The first-order chi connectivity index (χ1) is 11.3. The standard InChI is InChI=1S/C18H19N3O3/c1-10-6-7-13(8-11(10)2)21(5)18(23)14-12(3)24-16-15(14)17(22)20(4)9-19-16/h6-9H,1-5H3. The highest BCUT2D eigenvalue weighted by atomic mass is 16.3. The van der Waals surface area contributed by atoms with E-state index in [1.165, 1.54) is 15.8 Å². The first-order valence-electron chi connectivity index (χ1n) is 7.61. The van der Waals surface area contributed by atoms with Gasteiger partial charge in [0.2, 0.25) is 5.71 Å². The molecule has 1 amide bonds. The monoisotopic (exact) mass is 325 g/mol. The molecule has 0 spiro atoms. The average Bonchev–Trinajstić information content (AvgIpc) is 2.89. The van der Waals surface area contributed by atoms with E-state index in [0.29, 0.717) is 5.76 Å². The number of amides is 1. The van der Waals surface area contributed by atoms with Crippen LogP contribution in [0.3, 0.4) is 0 Å². The van der Waals surface area contributed by atoms with Gasteiger partial charge in [-0.2, -0.15) is 0 Å². The second-order valence-corrected chi connectivity index (χ2v) is 6.01. The fourth-order valence-corrected chi connectivity index (χ4v) is 2.66. The van der Waals surface area contributed by atoms with E-state index in [0.717, 1.165) is 16.8 Å². The van der Waals surface area contributed by atoms with Gasteiger partial charge in [0.25, 0.3) is 11.5 Å². The molecule has 0 bridgehead atoms. The third-order valence-corrected chi connectivity index (χ3v) is 4.34. The number of carbonyl (C=O) groups excluding carboxylic acids is 1. The number of hydrogen-bond acceptors (Lipinski definition) is 4. The van der Waals surface area contributed by atoms with E-state index in [1.807, 2.05) is 32.0 Å². The molecule has 0 saturated carbocycles. The molecule has 0 aliphatic heterocycles. The number of furan rings is 1. The molecule has 3 aromatic rings. The number of carbonyl (C=O) groups is 1. The van der Waals surface area contributed by atoms with Crippen molar-refractivity contribution in [3.05, 3.63) is 57.3 Å². The summed E-state index contributed by atoms with van der Waals surface area (Å²) in [5.41, 5.74) is 3.17. The van der Waals surface area contributed by atoms with Crippen LogP contribution < -0.4 is 10.5 Å². The minimum Gasteiger partial charge on any atom is -0.442 e. The van der Waals surface area contributed by atoms with Crippen molar-refractivity contribution in [1.29, 1.82) is 0 Å². The van der Waals surface area contributed by atoms with Crippen LogP contribution in [0, 0.1) is 20.8 Å². The number of benzene rings is 1. The van der Waals surface area contributed by atoms with Gasteiger partial charge in [-0.15, -0.1) is 0 Å². The predicted octanol–water partition coefficient (Wildman–Crippen LogP) is 2.73. The second kappa shape index (κ2) is 5.63. The smallest absolute Gasteiger partial charge is 0.265 e. The Hall–Kier alpha value is -2.89. The van der Waals surface area contributed by atoms with Crippen LogP contribution in [0.4, 0.5) is 5.69 Å². The Morgan fingerprint density at radius 2 is 1.92 bits per heavy atom. The van der Waals surface area contributed by atoms with Crippen LogP contribution in [0.1, 0.15) is 27.2 Å². The highest BCUT2D eigenvalue weighted by Crippen LogP contribution is 2.25. The molecule has 3 rings (SSSR count). The number of fused-ring (bicyclic) bond motifs is 1. The zero-order valence-electron chi connectivity index (χ0n) is 14.4. The number of rotatable bonds is 2. The Balaban J connectivity index is 2.14. The normalized spacial score (nSPS) is 11.0. The van der Waals surface area contributed by atoms with E-state index in [4.69, 9.17) is 4.42 Å². The third-order valence-electron chi connectivity index (χ3n) is 4.34. The number of nitrogens with zero attached hydrogens (tertiary/aromatic N) is 3. The Bertz CT molecular complexity index is 1010. The molecule has 24 heavy (non-hydrogen) atoms. The fraction of sp³-hybridized carbons (Fsp3) is 0.278. The van der Waals surface area contributed by atoms with E-state index in [2.05, 4.69) is 4.98 Å². The zero-order valence-corrected chi connectivity index (χ0v) is 14.4. The van der Waals surface area contributed by atoms with Crippen molar-refractivity contribution in [3.63, 3.8) is 0 Å². The van der Waals surface area contributed by atoms with E-state index < -0.39 is 0 Å². The Labute approximate surface area is 139 Å². The number of aromatic nitrogens is 2. The summed E-state index contributed by atoms with van der Waals surface area (Å²) in [5, 5.41) is 0.221. The molecule has 0 fully saturated rings. The van der Waals surface area contributed by atoms with Gasteiger partial charge in [0, 0.05) is 19.8 Å². The molecule has 0 aliphatic carbocycles. The molecule has 0 aliphatic rings. The van der Waals surface area contributed by atoms with Crippen molar-refractivity contribution in [2.24, 2.45) is 7.05 Å². The lowest BCUT2D eigenvalue weighted by atomic mass is 10.1. The maximum absolute atomic E-state index is 13.0. The maximum atomic E-state index is 13.0. The molecule has 0 unspecified atom stereocenters. The molecule has 2 heterocycles. The molecule has 0 N–H and O–H groups in total. The lowest BCUT2D eigenvalue weighted by Gasteiger charge is -2.18. The van der Waals surface area contributed by atoms with Gasteiger partial charge in [-0.05, 0) is 44.0 Å². The molecule has 0 atom stereocenters. The Morgan fingerprint density at radius 1 is 1.21 bits per heavy atom. The van der Waals surface area contributed by atoms with Gasteiger partial charge in [-0.1, -0.05) is 6.07 Å². The predicted molar refractivity (Wildman–Crippen MR) is 92.6 cm³/mol. The van der Waals surface area contributed by atoms with Crippen LogP contribution in [-0.4, -0.2) is 22.5 Å². The molecular formula is C18H19N3O3. The molecule has 6 nitrogen and oxygen atoms in total. The quantitative estimate of drug-likeness (QED) is 0.726. The highest BCUT2D eigenvalue weighted by molar-refractivity contribution is 6.13. The van der Waals surface area contributed by atoms with Crippen molar-refractivity contribution >= 4 is 22.7 Å². The number of aryl methyl sites for hydroxylation is 4. The van der Waals surface area contributed by atoms with Crippen molar-refractivity contribution < 1.29 is 9.21 Å². The molecule has 0 saturated heterocycles. The van der Waals surface area contributed by atoms with Gasteiger partial charge < -0.3 is 13.9 Å². The zero-order chi connectivity index (χ0) is 17.6. The van der Waals surface area contributed by atoms with Crippen LogP contribution >= 0.6 is 0 Å². The lowest BCUT2D eigenvalue weighted by molar-refractivity contribution is 0.0993. The van der Waals surface area contributed by atoms with Gasteiger partial charge in [-0.3, -0.25) is 9.59 Å². The van der Waals surface area contributed by atoms with E-state index >= 15 is 0 Å². The molecule has 1 aromatic carbocycles. The SMILES string of the molecule is Cc1ccc(N(C)C(=O)c2c(C)oc3ncn(C)c(=O)c23)cc1C. The summed E-state index contributed by atoms with van der Waals surface area (Å²) in [7, 11) is 3.28. The largest absolute Gasteiger partial charge is 0.442 e. The van der Waals surface area contributed by atoms with Crippen LogP contribution in [0.2, 0.25) is 0 Å². The van der Waals surface area contributed by atoms with Gasteiger partial charge >= 0.3 is 0 Å². The first kappa shape index (κ1) is 16.0. The van der Waals surface area contributed by atoms with Crippen LogP contribution in [0.15, 0.2) is 33.7 Å². The molecule has 6 heteroatoms. The molecule has 124 valence electrons. The van der Waals surface area contributed by atoms with Gasteiger partial charge in [-0.25, -0.2) is 4.98 Å². The van der Waals surface area contributed by atoms with Crippen molar-refractivity contribution in [1.82, 2.24) is 9.55 Å². The fourth-order valence-electron chi connectivity index (χ4n) is 2.66. The molecular weight excluding hydrogens is 306 g/mol. The van der Waals surface area contributed by atoms with Gasteiger partial charge in [0.15, 0.2) is 0 Å². The minimum absolute atomic E-state index is 0.187. The summed E-state index contributed by atoms with van der Waals surface area (Å²) in [5.74, 6) is 0.0982. The summed E-state index contributed by atoms with van der Waals surface area (Å²) in [6, 6.07) is 5.80. The lowest BCUT2D eigenvalue weighted by Crippen LogP contribution is -2.28. The average molecular weight is 325 g/mol. The topological polar surface area (TPSA) is 68.3 Å². The Morgan fingerprint density at radius 3 is 2.58 bits per heavy atom. The third kappa shape index (κ3) is 2.40. The number of hydrogen-bond donors (Lipinski definition) is 0. The van der Waals surface area contributed by atoms with Gasteiger partial charge in [0.1, 0.15) is 17.5 Å².